The van der Waals surface area contributed by atoms with Crippen LogP contribution in [0.25, 0.3) is 16.6 Å². The van der Waals surface area contributed by atoms with Crippen LogP contribution in [-0.2, 0) is 10.0 Å². The van der Waals surface area contributed by atoms with Crippen molar-refractivity contribution in [1.29, 1.82) is 0 Å². The number of carbonyl (C=O) groups excluding carboxylic acids is 1. The molecule has 1 aromatic heterocycles. The molecule has 4 aromatic rings. The van der Waals surface area contributed by atoms with Crippen LogP contribution < -0.4 is 5.56 Å². The van der Waals surface area contributed by atoms with Gasteiger partial charge in [-0.3, -0.25) is 14.2 Å². The van der Waals surface area contributed by atoms with Gasteiger partial charge in [-0.25, -0.2) is 17.7 Å². The van der Waals surface area contributed by atoms with Crippen molar-refractivity contribution in [3.8, 4) is 5.69 Å². The number of aryl methyl sites for hydroxylation is 1. The molecule has 0 N–H and O–H groups in total. The summed E-state index contributed by atoms with van der Waals surface area (Å²) in [6.45, 7) is 3.90. The van der Waals surface area contributed by atoms with Crippen molar-refractivity contribution in [2.45, 2.75) is 23.9 Å². The van der Waals surface area contributed by atoms with Gasteiger partial charge >= 0.3 is 0 Å². The maximum absolute atomic E-state index is 13.5. The molecule has 0 radical (unpaired) electrons. The molecule has 172 valence electrons. The Morgan fingerprint density at radius 1 is 0.912 bits per heavy atom. The molecule has 0 aliphatic carbocycles. The van der Waals surface area contributed by atoms with Crippen LogP contribution in [0.15, 0.2) is 81.6 Å². The van der Waals surface area contributed by atoms with Gasteiger partial charge in [0.25, 0.3) is 21.5 Å². The van der Waals surface area contributed by atoms with E-state index in [0.29, 0.717) is 16.1 Å². The standard InChI is InChI=1S/C25H21N3O4S2/c1-16-8-7-12-21(17(16)2)28-24(30)18-9-3-5-11-20(18)26-25(28)33-15-14-27-23(29)19-10-4-6-13-22(19)34(27,31)32/h3-13H,14-15H2,1-2H3. The lowest BCUT2D eigenvalue weighted by Crippen LogP contribution is -2.32. The number of carbonyl (C=O) groups is 1. The van der Waals surface area contributed by atoms with E-state index in [0.717, 1.165) is 21.1 Å². The number of benzene rings is 3. The largest absolute Gasteiger partial charge is 0.269 e. The van der Waals surface area contributed by atoms with E-state index in [-0.39, 0.29) is 28.3 Å². The highest BCUT2D eigenvalue weighted by molar-refractivity contribution is 7.99. The Bertz CT molecular complexity index is 1630. The number of rotatable bonds is 5. The molecule has 1 aliphatic rings. The Labute approximate surface area is 201 Å². The maximum atomic E-state index is 13.5. The third kappa shape index (κ3) is 3.52. The van der Waals surface area contributed by atoms with Crippen molar-refractivity contribution in [1.82, 2.24) is 13.9 Å². The lowest BCUT2D eigenvalue weighted by atomic mass is 10.1. The zero-order valence-electron chi connectivity index (χ0n) is 18.6. The summed E-state index contributed by atoms with van der Waals surface area (Å²) in [5.41, 5.74) is 3.27. The fraction of sp³-hybridized carbons (Fsp3) is 0.160. The first-order valence-corrected chi connectivity index (χ1v) is 13.1. The first kappa shape index (κ1) is 22.4. The number of hydrogen-bond donors (Lipinski definition) is 0. The summed E-state index contributed by atoms with van der Waals surface area (Å²) in [7, 11) is -3.89. The second-order valence-electron chi connectivity index (χ2n) is 8.00. The Hall–Kier alpha value is -3.43. The third-order valence-corrected chi connectivity index (χ3v) is 8.76. The molecule has 0 unspecified atom stereocenters. The summed E-state index contributed by atoms with van der Waals surface area (Å²) < 4.78 is 28.2. The smallest absolute Gasteiger partial charge is 0.268 e. The normalized spacial score (nSPS) is 14.5. The average Bonchev–Trinajstić information content (AvgIpc) is 3.02. The summed E-state index contributed by atoms with van der Waals surface area (Å²) in [4.78, 5) is 31.0. The van der Waals surface area contributed by atoms with Crippen LogP contribution in [0.4, 0.5) is 0 Å². The summed E-state index contributed by atoms with van der Waals surface area (Å²) in [6.07, 6.45) is 0. The molecule has 9 heteroatoms. The minimum atomic E-state index is -3.89. The minimum absolute atomic E-state index is 0.0288. The van der Waals surface area contributed by atoms with Crippen LogP contribution in [-0.4, -0.2) is 40.5 Å². The van der Waals surface area contributed by atoms with Crippen molar-refractivity contribution < 1.29 is 13.2 Å². The maximum Gasteiger partial charge on any atom is 0.269 e. The highest BCUT2D eigenvalue weighted by Crippen LogP contribution is 2.31. The van der Waals surface area contributed by atoms with E-state index in [2.05, 4.69) is 0 Å². The quantitative estimate of drug-likeness (QED) is 0.310. The number of fused-ring (bicyclic) bond motifs is 2. The van der Waals surface area contributed by atoms with Gasteiger partial charge in [-0.05, 0) is 55.3 Å². The molecule has 0 spiro atoms. The second-order valence-corrected chi connectivity index (χ2v) is 10.9. The molecule has 1 aliphatic heterocycles. The predicted molar refractivity (Wildman–Crippen MR) is 132 cm³/mol. The van der Waals surface area contributed by atoms with Gasteiger partial charge in [-0.2, -0.15) is 0 Å². The van der Waals surface area contributed by atoms with Crippen LogP contribution >= 0.6 is 11.8 Å². The van der Waals surface area contributed by atoms with Crippen molar-refractivity contribution in [2.75, 3.05) is 12.3 Å². The number of thioether (sulfide) groups is 1. The molecular formula is C25H21N3O4S2. The number of para-hydroxylation sites is 1. The highest BCUT2D eigenvalue weighted by Gasteiger charge is 2.40. The predicted octanol–water partition coefficient (Wildman–Crippen LogP) is 3.94. The van der Waals surface area contributed by atoms with E-state index in [9.17, 15) is 18.0 Å². The lowest BCUT2D eigenvalue weighted by Gasteiger charge is -2.18. The molecule has 1 amide bonds. The number of amides is 1. The van der Waals surface area contributed by atoms with Crippen molar-refractivity contribution >= 4 is 38.6 Å². The number of hydrogen-bond acceptors (Lipinski definition) is 6. The van der Waals surface area contributed by atoms with Crippen LogP contribution in [0.5, 0.6) is 0 Å². The Morgan fingerprint density at radius 3 is 2.44 bits per heavy atom. The first-order valence-electron chi connectivity index (χ1n) is 10.7. The molecule has 2 heterocycles. The van der Waals surface area contributed by atoms with Crippen LogP contribution in [0.1, 0.15) is 21.5 Å². The van der Waals surface area contributed by atoms with E-state index >= 15 is 0 Å². The number of aromatic nitrogens is 2. The summed E-state index contributed by atoms with van der Waals surface area (Å²) in [6, 6.07) is 19.1. The van der Waals surface area contributed by atoms with Gasteiger partial charge in [0.15, 0.2) is 5.16 Å². The molecule has 0 bridgehead atoms. The number of nitrogens with zero attached hydrogens (tertiary/aromatic N) is 3. The van der Waals surface area contributed by atoms with E-state index in [1.807, 2.05) is 38.1 Å². The first-order chi connectivity index (χ1) is 16.3. The number of sulfonamides is 1. The molecular weight excluding hydrogens is 470 g/mol. The monoisotopic (exact) mass is 491 g/mol. The SMILES string of the molecule is Cc1cccc(-n2c(SCCN3C(=O)c4ccccc4S3(=O)=O)nc3ccccc3c2=O)c1C. The van der Waals surface area contributed by atoms with E-state index in [1.54, 1.807) is 34.9 Å². The Kier molecular flexibility index (Phi) is 5.53. The second kappa shape index (κ2) is 8.41. The van der Waals surface area contributed by atoms with Gasteiger partial charge in [0.05, 0.1) is 22.2 Å². The van der Waals surface area contributed by atoms with Crippen LogP contribution in [0.2, 0.25) is 0 Å². The zero-order valence-corrected chi connectivity index (χ0v) is 20.2. The van der Waals surface area contributed by atoms with Crippen molar-refractivity contribution in [2.24, 2.45) is 0 Å². The highest BCUT2D eigenvalue weighted by atomic mass is 32.2. The molecule has 7 nitrogen and oxygen atoms in total. The van der Waals surface area contributed by atoms with Crippen molar-refractivity contribution in [3.63, 3.8) is 0 Å². The molecule has 34 heavy (non-hydrogen) atoms. The molecule has 0 saturated carbocycles. The molecule has 0 saturated heterocycles. The molecule has 3 aromatic carbocycles. The van der Waals surface area contributed by atoms with Gasteiger partial charge in [-0.1, -0.05) is 48.2 Å². The van der Waals surface area contributed by atoms with E-state index in [4.69, 9.17) is 4.98 Å². The van der Waals surface area contributed by atoms with Gasteiger partial charge in [0.1, 0.15) is 4.90 Å². The topological polar surface area (TPSA) is 89.3 Å². The molecule has 0 fully saturated rings. The zero-order chi connectivity index (χ0) is 24.0. The molecule has 0 atom stereocenters. The fourth-order valence-corrected chi connectivity index (χ4v) is 6.69. The Morgan fingerprint density at radius 2 is 1.65 bits per heavy atom. The van der Waals surface area contributed by atoms with E-state index < -0.39 is 15.9 Å². The van der Waals surface area contributed by atoms with E-state index in [1.165, 1.54) is 23.9 Å². The van der Waals surface area contributed by atoms with Gasteiger partial charge in [-0.15, -0.1) is 0 Å². The minimum Gasteiger partial charge on any atom is -0.268 e. The van der Waals surface area contributed by atoms with Gasteiger partial charge < -0.3 is 0 Å². The van der Waals surface area contributed by atoms with Crippen LogP contribution in [0.3, 0.4) is 0 Å². The third-order valence-electron chi connectivity index (χ3n) is 6.00. The summed E-state index contributed by atoms with van der Waals surface area (Å²) in [5, 5.41) is 0.944. The lowest BCUT2D eigenvalue weighted by molar-refractivity contribution is 0.0876. The molecule has 5 rings (SSSR count). The summed E-state index contributed by atoms with van der Waals surface area (Å²) in [5.74, 6) is -0.288. The Balaban J connectivity index is 1.52. The van der Waals surface area contributed by atoms with Crippen molar-refractivity contribution in [3.05, 3.63) is 93.8 Å². The summed E-state index contributed by atoms with van der Waals surface area (Å²) >= 11 is 1.25. The fourth-order valence-electron chi connectivity index (χ4n) is 4.07. The van der Waals surface area contributed by atoms with Crippen LogP contribution in [0, 0.1) is 13.8 Å². The van der Waals surface area contributed by atoms with Gasteiger partial charge in [0.2, 0.25) is 0 Å². The average molecular weight is 492 g/mol. The van der Waals surface area contributed by atoms with Gasteiger partial charge in [0, 0.05) is 12.3 Å².